The molecule has 1 aromatic rings. The van der Waals surface area contributed by atoms with Crippen molar-refractivity contribution >= 4 is 11.8 Å². The summed E-state index contributed by atoms with van der Waals surface area (Å²) >= 11 is 0. The zero-order valence-corrected chi connectivity index (χ0v) is 10.7. The Labute approximate surface area is 106 Å². The van der Waals surface area contributed by atoms with E-state index in [2.05, 4.69) is 21.6 Å². The maximum atomic E-state index is 10.9. The number of hydrogen-bond acceptors (Lipinski definition) is 5. The molecule has 96 valence electrons. The fourth-order valence-electron chi connectivity index (χ4n) is 1.50. The van der Waals surface area contributed by atoms with E-state index in [-0.39, 0.29) is 6.54 Å². The molecule has 0 aliphatic heterocycles. The SMILES string of the molecule is CCC(CNc1nnc(C)c(C)c1C#N)C(=O)O. The Bertz CT molecular complexity index is 494. The van der Waals surface area contributed by atoms with Gasteiger partial charge in [-0.2, -0.15) is 10.4 Å². The van der Waals surface area contributed by atoms with E-state index in [1.54, 1.807) is 20.8 Å². The number of anilines is 1. The third-order valence-electron chi connectivity index (χ3n) is 2.92. The summed E-state index contributed by atoms with van der Waals surface area (Å²) in [4.78, 5) is 10.9. The average molecular weight is 248 g/mol. The molecule has 2 N–H and O–H groups in total. The van der Waals surface area contributed by atoms with Gasteiger partial charge in [-0.15, -0.1) is 5.10 Å². The van der Waals surface area contributed by atoms with Crippen LogP contribution in [0, 0.1) is 31.1 Å². The molecular formula is C12H16N4O2. The minimum absolute atomic E-state index is 0.234. The van der Waals surface area contributed by atoms with Crippen molar-refractivity contribution in [1.29, 1.82) is 5.26 Å². The van der Waals surface area contributed by atoms with Crippen molar-refractivity contribution in [1.82, 2.24) is 10.2 Å². The Morgan fingerprint density at radius 1 is 1.50 bits per heavy atom. The molecule has 0 saturated carbocycles. The number of aliphatic carboxylic acids is 1. The molecule has 6 heteroatoms. The van der Waals surface area contributed by atoms with Gasteiger partial charge in [-0.1, -0.05) is 6.92 Å². The quantitative estimate of drug-likeness (QED) is 0.819. The van der Waals surface area contributed by atoms with E-state index in [9.17, 15) is 4.79 Å². The highest BCUT2D eigenvalue weighted by Gasteiger charge is 2.17. The number of carbonyl (C=O) groups is 1. The molecular weight excluding hydrogens is 232 g/mol. The summed E-state index contributed by atoms with van der Waals surface area (Å²) < 4.78 is 0. The summed E-state index contributed by atoms with van der Waals surface area (Å²) in [7, 11) is 0. The zero-order valence-electron chi connectivity index (χ0n) is 10.7. The molecule has 6 nitrogen and oxygen atoms in total. The Morgan fingerprint density at radius 2 is 2.17 bits per heavy atom. The summed E-state index contributed by atoms with van der Waals surface area (Å²) in [5, 5.41) is 28.7. The first-order valence-corrected chi connectivity index (χ1v) is 5.71. The summed E-state index contributed by atoms with van der Waals surface area (Å²) in [6.45, 7) is 5.61. The fraction of sp³-hybridized carbons (Fsp3) is 0.500. The maximum Gasteiger partial charge on any atom is 0.308 e. The van der Waals surface area contributed by atoms with E-state index < -0.39 is 11.9 Å². The molecule has 0 saturated heterocycles. The van der Waals surface area contributed by atoms with Crippen LogP contribution in [0.4, 0.5) is 5.82 Å². The van der Waals surface area contributed by atoms with Gasteiger partial charge in [-0.05, 0) is 25.8 Å². The molecule has 1 aromatic heterocycles. The Hall–Kier alpha value is -2.16. The van der Waals surface area contributed by atoms with Crippen LogP contribution in [0.3, 0.4) is 0 Å². The van der Waals surface area contributed by atoms with Crippen molar-refractivity contribution in [3.63, 3.8) is 0 Å². The normalized spacial score (nSPS) is 11.7. The molecule has 0 spiro atoms. The first kappa shape index (κ1) is 13.9. The molecule has 1 heterocycles. The van der Waals surface area contributed by atoms with E-state index >= 15 is 0 Å². The predicted molar refractivity (Wildman–Crippen MR) is 66.1 cm³/mol. The van der Waals surface area contributed by atoms with Crippen LogP contribution in [0.25, 0.3) is 0 Å². The lowest BCUT2D eigenvalue weighted by Gasteiger charge is -2.13. The van der Waals surface area contributed by atoms with Gasteiger partial charge < -0.3 is 10.4 Å². The van der Waals surface area contributed by atoms with E-state index in [0.29, 0.717) is 23.5 Å². The molecule has 1 unspecified atom stereocenters. The van der Waals surface area contributed by atoms with Crippen molar-refractivity contribution in [2.75, 3.05) is 11.9 Å². The highest BCUT2D eigenvalue weighted by Crippen LogP contribution is 2.17. The number of hydrogen-bond donors (Lipinski definition) is 2. The minimum atomic E-state index is -0.861. The van der Waals surface area contributed by atoms with Gasteiger partial charge in [0.05, 0.1) is 11.6 Å². The predicted octanol–water partition coefficient (Wildman–Crippen LogP) is 1.49. The third-order valence-corrected chi connectivity index (χ3v) is 2.92. The van der Waals surface area contributed by atoms with Crippen molar-refractivity contribution < 1.29 is 9.90 Å². The number of aryl methyl sites for hydroxylation is 1. The lowest BCUT2D eigenvalue weighted by atomic mass is 10.1. The van der Waals surface area contributed by atoms with Gasteiger partial charge in [0.1, 0.15) is 11.6 Å². The second kappa shape index (κ2) is 5.96. The molecule has 1 rings (SSSR count). The van der Waals surface area contributed by atoms with E-state index in [0.717, 1.165) is 5.56 Å². The minimum Gasteiger partial charge on any atom is -0.481 e. The molecule has 0 aliphatic rings. The summed E-state index contributed by atoms with van der Waals surface area (Å²) in [5.74, 6) is -1.01. The van der Waals surface area contributed by atoms with Crippen LogP contribution in [-0.2, 0) is 4.79 Å². The standard InChI is InChI=1S/C12H16N4O2/c1-4-9(12(17)18)6-14-11-10(5-13)7(2)8(3)15-16-11/h9H,4,6H2,1-3H3,(H,14,16)(H,17,18). The van der Waals surface area contributed by atoms with Gasteiger partial charge in [0.25, 0.3) is 0 Å². The van der Waals surface area contributed by atoms with Gasteiger partial charge in [0, 0.05) is 6.54 Å². The van der Waals surface area contributed by atoms with Crippen LogP contribution in [0.1, 0.15) is 30.2 Å². The third kappa shape index (κ3) is 2.94. The number of rotatable bonds is 5. The number of nitriles is 1. The monoisotopic (exact) mass is 248 g/mol. The first-order chi connectivity index (χ1) is 8.51. The summed E-state index contributed by atoms with van der Waals surface area (Å²) in [5.41, 5.74) is 1.88. The Balaban J connectivity index is 2.89. The lowest BCUT2D eigenvalue weighted by Crippen LogP contribution is -2.23. The van der Waals surface area contributed by atoms with Gasteiger partial charge in [0.15, 0.2) is 5.82 Å². The molecule has 1 atom stereocenters. The number of carboxylic acids is 1. The van der Waals surface area contributed by atoms with Crippen LogP contribution < -0.4 is 5.32 Å². The van der Waals surface area contributed by atoms with Crippen molar-refractivity contribution in [2.24, 2.45) is 5.92 Å². The van der Waals surface area contributed by atoms with Gasteiger partial charge in [0.2, 0.25) is 0 Å². The molecule has 0 aliphatic carbocycles. The van der Waals surface area contributed by atoms with Crippen molar-refractivity contribution in [3.05, 3.63) is 16.8 Å². The number of nitrogens with zero attached hydrogens (tertiary/aromatic N) is 3. The maximum absolute atomic E-state index is 10.9. The fourth-order valence-corrected chi connectivity index (χ4v) is 1.50. The average Bonchev–Trinajstić information content (AvgIpc) is 2.34. The number of aromatic nitrogens is 2. The van der Waals surface area contributed by atoms with Gasteiger partial charge >= 0.3 is 5.97 Å². The molecule has 0 fully saturated rings. The molecule has 0 bridgehead atoms. The van der Waals surface area contributed by atoms with Crippen LogP contribution in [0.2, 0.25) is 0 Å². The Morgan fingerprint density at radius 3 is 2.67 bits per heavy atom. The highest BCUT2D eigenvalue weighted by molar-refractivity contribution is 5.71. The molecule has 18 heavy (non-hydrogen) atoms. The van der Waals surface area contributed by atoms with Crippen molar-refractivity contribution in [3.8, 4) is 6.07 Å². The van der Waals surface area contributed by atoms with Gasteiger partial charge in [-0.25, -0.2) is 0 Å². The smallest absolute Gasteiger partial charge is 0.308 e. The van der Waals surface area contributed by atoms with E-state index in [4.69, 9.17) is 10.4 Å². The topological polar surface area (TPSA) is 98.9 Å². The molecule has 0 radical (unpaired) electrons. The first-order valence-electron chi connectivity index (χ1n) is 5.71. The molecule has 0 amide bonds. The summed E-state index contributed by atoms with van der Waals surface area (Å²) in [6.07, 6.45) is 0.516. The van der Waals surface area contributed by atoms with E-state index in [1.807, 2.05) is 0 Å². The number of carboxylic acid groups (broad SMARTS) is 1. The molecule has 0 aromatic carbocycles. The summed E-state index contributed by atoms with van der Waals surface area (Å²) in [6, 6.07) is 2.06. The zero-order chi connectivity index (χ0) is 13.7. The van der Waals surface area contributed by atoms with Crippen LogP contribution in [0.5, 0.6) is 0 Å². The van der Waals surface area contributed by atoms with Gasteiger partial charge in [-0.3, -0.25) is 4.79 Å². The van der Waals surface area contributed by atoms with Crippen molar-refractivity contribution in [2.45, 2.75) is 27.2 Å². The van der Waals surface area contributed by atoms with E-state index in [1.165, 1.54) is 0 Å². The Kier molecular flexibility index (Phi) is 4.60. The highest BCUT2D eigenvalue weighted by atomic mass is 16.4. The largest absolute Gasteiger partial charge is 0.481 e. The number of nitrogens with one attached hydrogen (secondary N) is 1. The second-order valence-corrected chi connectivity index (χ2v) is 4.07. The lowest BCUT2D eigenvalue weighted by molar-refractivity contribution is -0.141. The van der Waals surface area contributed by atoms with Crippen LogP contribution in [0.15, 0.2) is 0 Å². The van der Waals surface area contributed by atoms with Crippen LogP contribution in [-0.4, -0.2) is 27.8 Å². The van der Waals surface area contributed by atoms with Crippen LogP contribution >= 0.6 is 0 Å². The second-order valence-electron chi connectivity index (χ2n) is 4.07.